The quantitative estimate of drug-likeness (QED) is 0.329. The summed E-state index contributed by atoms with van der Waals surface area (Å²) in [6, 6.07) is 26.3. The van der Waals surface area contributed by atoms with E-state index in [-0.39, 0.29) is 19.1 Å². The summed E-state index contributed by atoms with van der Waals surface area (Å²) < 4.78 is 7.55. The highest BCUT2D eigenvalue weighted by atomic mass is 32.2. The van der Waals surface area contributed by atoms with Crippen LogP contribution in [0, 0.1) is 13.8 Å². The van der Waals surface area contributed by atoms with Crippen LogP contribution >= 0.6 is 11.8 Å². The first-order valence-corrected chi connectivity index (χ1v) is 12.2. The lowest BCUT2D eigenvalue weighted by Crippen LogP contribution is -2.28. The van der Waals surface area contributed by atoms with E-state index in [1.54, 1.807) is 11.8 Å². The minimum absolute atomic E-state index is 0.0115. The summed E-state index contributed by atoms with van der Waals surface area (Å²) >= 11 is 1.63. The Hall–Kier alpha value is -3.42. The van der Waals surface area contributed by atoms with Gasteiger partial charge in [0.1, 0.15) is 6.61 Å². The molecule has 0 radical (unpaired) electrons. The van der Waals surface area contributed by atoms with Crippen molar-refractivity contribution in [2.75, 3.05) is 6.61 Å². The molecule has 3 aromatic carbocycles. The highest BCUT2D eigenvalue weighted by Gasteiger charge is 2.16. The van der Waals surface area contributed by atoms with Crippen LogP contribution in [0.5, 0.6) is 0 Å². The number of ether oxygens (including phenoxy) is 1. The van der Waals surface area contributed by atoms with E-state index in [4.69, 9.17) is 4.74 Å². The Balaban J connectivity index is 1.43. The molecule has 0 aliphatic heterocycles. The normalized spacial score (nSPS) is 10.9. The van der Waals surface area contributed by atoms with E-state index >= 15 is 0 Å². The molecule has 0 unspecified atom stereocenters. The molecule has 0 fully saturated rings. The van der Waals surface area contributed by atoms with Crippen LogP contribution < -0.4 is 5.32 Å². The molecule has 0 saturated carbocycles. The zero-order valence-corrected chi connectivity index (χ0v) is 20.2. The summed E-state index contributed by atoms with van der Waals surface area (Å²) in [5, 5.41) is 12.5. The number of aromatic nitrogens is 3. The molecular weight excluding hydrogens is 444 g/mol. The van der Waals surface area contributed by atoms with E-state index in [0.29, 0.717) is 12.4 Å². The van der Waals surface area contributed by atoms with Gasteiger partial charge in [0.2, 0.25) is 5.91 Å². The number of nitrogens with one attached hydrogen (secondary N) is 1. The number of amides is 1. The maximum absolute atomic E-state index is 12.4. The largest absolute Gasteiger partial charge is 0.367 e. The monoisotopic (exact) mass is 472 g/mol. The van der Waals surface area contributed by atoms with Crippen LogP contribution in [0.4, 0.5) is 0 Å². The van der Waals surface area contributed by atoms with Crippen molar-refractivity contribution < 1.29 is 9.53 Å². The average Bonchev–Trinajstić information content (AvgIpc) is 3.26. The van der Waals surface area contributed by atoms with Crippen molar-refractivity contribution in [3.05, 3.63) is 107 Å². The number of hydrogen-bond donors (Lipinski definition) is 1. The smallest absolute Gasteiger partial charge is 0.246 e. The molecule has 34 heavy (non-hydrogen) atoms. The van der Waals surface area contributed by atoms with Gasteiger partial charge >= 0.3 is 0 Å². The van der Waals surface area contributed by atoms with Gasteiger partial charge in [-0.05, 0) is 42.7 Å². The third-order valence-electron chi connectivity index (χ3n) is 5.40. The van der Waals surface area contributed by atoms with E-state index < -0.39 is 0 Å². The maximum atomic E-state index is 12.4. The first kappa shape index (κ1) is 23.7. The van der Waals surface area contributed by atoms with Crippen molar-refractivity contribution >= 4 is 17.7 Å². The highest BCUT2D eigenvalue weighted by Crippen LogP contribution is 2.26. The fourth-order valence-electron chi connectivity index (χ4n) is 3.44. The number of nitrogens with zero attached hydrogens (tertiary/aromatic N) is 3. The molecule has 0 spiro atoms. The van der Waals surface area contributed by atoms with Gasteiger partial charge in [0.25, 0.3) is 0 Å². The van der Waals surface area contributed by atoms with Crippen molar-refractivity contribution in [1.82, 2.24) is 20.1 Å². The van der Waals surface area contributed by atoms with E-state index in [9.17, 15) is 4.79 Å². The molecule has 6 nitrogen and oxygen atoms in total. The van der Waals surface area contributed by atoms with Crippen molar-refractivity contribution in [3.63, 3.8) is 0 Å². The maximum Gasteiger partial charge on any atom is 0.246 e. The number of rotatable bonds is 10. The van der Waals surface area contributed by atoms with Gasteiger partial charge in [0.15, 0.2) is 11.0 Å². The Morgan fingerprint density at radius 3 is 2.44 bits per heavy atom. The summed E-state index contributed by atoms with van der Waals surface area (Å²) in [5.41, 5.74) is 5.68. The Morgan fingerprint density at radius 2 is 1.68 bits per heavy atom. The number of aryl methyl sites for hydroxylation is 2. The number of carbonyl (C=O) groups excluding carboxylic acids is 1. The zero-order chi connectivity index (χ0) is 23.8. The Labute approximate surface area is 204 Å². The predicted octanol–water partition coefficient (Wildman–Crippen LogP) is 5.01. The molecular formula is C27H28N4O2S. The lowest BCUT2D eigenvalue weighted by atomic mass is 10.1. The minimum atomic E-state index is -0.191. The van der Waals surface area contributed by atoms with Crippen LogP contribution in [0.25, 0.3) is 5.69 Å². The number of carbonyl (C=O) groups is 1. The molecule has 174 valence electrons. The Bertz CT molecular complexity index is 1220. The molecule has 0 bridgehead atoms. The summed E-state index contributed by atoms with van der Waals surface area (Å²) in [7, 11) is 0. The lowest BCUT2D eigenvalue weighted by Gasteiger charge is -2.12. The van der Waals surface area contributed by atoms with Gasteiger partial charge in [-0.3, -0.25) is 9.36 Å². The van der Waals surface area contributed by atoms with E-state index in [0.717, 1.165) is 22.2 Å². The third-order valence-corrected chi connectivity index (χ3v) is 6.38. The topological polar surface area (TPSA) is 69.0 Å². The average molecular weight is 473 g/mol. The molecule has 0 atom stereocenters. The Morgan fingerprint density at radius 1 is 0.941 bits per heavy atom. The minimum Gasteiger partial charge on any atom is -0.367 e. The third kappa shape index (κ3) is 6.34. The highest BCUT2D eigenvalue weighted by molar-refractivity contribution is 7.98. The van der Waals surface area contributed by atoms with Crippen LogP contribution in [-0.2, 0) is 28.4 Å². The summed E-state index contributed by atoms with van der Waals surface area (Å²) in [4.78, 5) is 12.4. The number of thioether (sulfide) groups is 1. The molecule has 0 saturated heterocycles. The van der Waals surface area contributed by atoms with Crippen molar-refractivity contribution in [2.24, 2.45) is 0 Å². The van der Waals surface area contributed by atoms with E-state index in [1.807, 2.05) is 53.1 Å². The fraction of sp³-hybridized carbons (Fsp3) is 0.222. The van der Waals surface area contributed by atoms with Gasteiger partial charge in [-0.25, -0.2) is 0 Å². The summed E-state index contributed by atoms with van der Waals surface area (Å²) in [6.07, 6.45) is 0. The van der Waals surface area contributed by atoms with Crippen LogP contribution in [-0.4, -0.2) is 27.3 Å². The van der Waals surface area contributed by atoms with Gasteiger partial charge in [-0.2, -0.15) is 0 Å². The zero-order valence-electron chi connectivity index (χ0n) is 19.4. The molecule has 1 N–H and O–H groups in total. The van der Waals surface area contributed by atoms with Crippen LogP contribution in [0.2, 0.25) is 0 Å². The van der Waals surface area contributed by atoms with Gasteiger partial charge in [0.05, 0.1) is 13.2 Å². The second-order valence-electron chi connectivity index (χ2n) is 8.04. The SMILES string of the molecule is Cc1ccc(-n2c(CNC(=O)COCc3ccccc3)nnc2SCc2ccccc2C)cc1. The first-order valence-electron chi connectivity index (χ1n) is 11.2. The van der Waals surface area contributed by atoms with E-state index in [1.165, 1.54) is 16.7 Å². The molecule has 0 aliphatic carbocycles. The van der Waals surface area contributed by atoms with Crippen LogP contribution in [0.3, 0.4) is 0 Å². The fourth-order valence-corrected chi connectivity index (χ4v) is 4.49. The standard InChI is InChI=1S/C27H28N4O2S/c1-20-12-14-24(15-13-20)31-25(16-28-26(32)18-33-17-22-9-4-3-5-10-22)29-30-27(31)34-19-23-11-7-6-8-21(23)2/h3-15H,16-19H2,1-2H3,(H,28,32). The van der Waals surface area contributed by atoms with Crippen LogP contribution in [0.15, 0.2) is 84.0 Å². The molecule has 7 heteroatoms. The molecule has 1 amide bonds. The molecule has 4 aromatic rings. The van der Waals surface area contributed by atoms with Gasteiger partial charge in [0, 0.05) is 11.4 Å². The molecule has 4 rings (SSSR count). The van der Waals surface area contributed by atoms with Crippen molar-refractivity contribution in [1.29, 1.82) is 0 Å². The van der Waals surface area contributed by atoms with Gasteiger partial charge in [-0.15, -0.1) is 10.2 Å². The molecule has 1 heterocycles. The number of benzene rings is 3. The van der Waals surface area contributed by atoms with Gasteiger partial charge < -0.3 is 10.1 Å². The predicted molar refractivity (Wildman–Crippen MR) is 135 cm³/mol. The lowest BCUT2D eigenvalue weighted by molar-refractivity contribution is -0.126. The van der Waals surface area contributed by atoms with Gasteiger partial charge in [-0.1, -0.05) is 84.1 Å². The van der Waals surface area contributed by atoms with Crippen LogP contribution in [0.1, 0.15) is 28.1 Å². The second-order valence-corrected chi connectivity index (χ2v) is 8.98. The second kappa shape index (κ2) is 11.6. The number of hydrogen-bond acceptors (Lipinski definition) is 5. The summed E-state index contributed by atoms with van der Waals surface area (Å²) in [6.45, 7) is 4.82. The first-order chi connectivity index (χ1) is 16.6. The molecule has 0 aliphatic rings. The van der Waals surface area contributed by atoms with E-state index in [2.05, 4.69) is 59.7 Å². The van der Waals surface area contributed by atoms with Crippen molar-refractivity contribution in [2.45, 2.75) is 37.9 Å². The van der Waals surface area contributed by atoms with Crippen molar-refractivity contribution in [3.8, 4) is 5.69 Å². The summed E-state index contributed by atoms with van der Waals surface area (Å²) in [5.74, 6) is 1.27. The molecule has 1 aromatic heterocycles. The Kier molecular flexibility index (Phi) is 8.12.